The van der Waals surface area contributed by atoms with Gasteiger partial charge in [-0.1, -0.05) is 34.1 Å². The molecule has 1 amide bonds. The van der Waals surface area contributed by atoms with Crippen LogP contribution in [-0.2, 0) is 6.54 Å². The zero-order valence-corrected chi connectivity index (χ0v) is 16.7. The average Bonchev–Trinajstić information content (AvgIpc) is 2.69. The van der Waals surface area contributed by atoms with Gasteiger partial charge in [0.2, 0.25) is 0 Å². The largest absolute Gasteiger partial charge is 0.497 e. The van der Waals surface area contributed by atoms with Gasteiger partial charge >= 0.3 is 0 Å². The number of benzene rings is 2. The number of nitrogens with zero attached hydrogens (tertiary/aromatic N) is 2. The summed E-state index contributed by atoms with van der Waals surface area (Å²) >= 11 is 3.60. The molecule has 2 aromatic carbocycles. The van der Waals surface area contributed by atoms with Crippen molar-refractivity contribution in [3.63, 3.8) is 0 Å². The van der Waals surface area contributed by atoms with Gasteiger partial charge in [0.1, 0.15) is 11.5 Å². The first-order valence-corrected chi connectivity index (χ1v) is 9.38. The third kappa shape index (κ3) is 4.19. The van der Waals surface area contributed by atoms with Crippen LogP contribution < -0.4 is 9.47 Å². The standard InChI is InChI=1S/C20H23BrN2O3/c1-25-16-7-8-17(19(13-16)26-2)20(24)23-11-9-22(10-12-23)14-15-5-3-4-6-18(15)21/h3-8,13H,9-12,14H2,1-2H3. The van der Waals surface area contributed by atoms with Crippen molar-refractivity contribution in [2.24, 2.45) is 0 Å². The molecule has 1 saturated heterocycles. The van der Waals surface area contributed by atoms with Crippen LogP contribution in [-0.4, -0.2) is 56.1 Å². The summed E-state index contributed by atoms with van der Waals surface area (Å²) in [5.41, 5.74) is 1.84. The molecule has 0 N–H and O–H groups in total. The summed E-state index contributed by atoms with van der Waals surface area (Å²) in [7, 11) is 3.17. The van der Waals surface area contributed by atoms with Gasteiger partial charge in [-0.2, -0.15) is 0 Å². The summed E-state index contributed by atoms with van der Waals surface area (Å²) in [5, 5.41) is 0. The number of hydrogen-bond acceptors (Lipinski definition) is 4. The first-order chi connectivity index (χ1) is 12.6. The van der Waals surface area contributed by atoms with E-state index in [-0.39, 0.29) is 5.91 Å². The highest BCUT2D eigenvalue weighted by Crippen LogP contribution is 2.26. The summed E-state index contributed by atoms with van der Waals surface area (Å²) in [6.07, 6.45) is 0. The maximum Gasteiger partial charge on any atom is 0.257 e. The molecule has 0 unspecified atom stereocenters. The Balaban J connectivity index is 1.63. The number of carbonyl (C=O) groups excluding carboxylic acids is 1. The summed E-state index contributed by atoms with van der Waals surface area (Å²) < 4.78 is 11.7. The SMILES string of the molecule is COc1ccc(C(=O)N2CCN(Cc3ccccc3Br)CC2)c(OC)c1. The Bertz CT molecular complexity index is 773. The van der Waals surface area contributed by atoms with Crippen LogP contribution in [0, 0.1) is 0 Å². The van der Waals surface area contributed by atoms with Crippen LogP contribution in [0.15, 0.2) is 46.9 Å². The van der Waals surface area contributed by atoms with Crippen molar-refractivity contribution < 1.29 is 14.3 Å². The fraction of sp³-hybridized carbons (Fsp3) is 0.350. The van der Waals surface area contributed by atoms with Crippen LogP contribution in [0.4, 0.5) is 0 Å². The maximum absolute atomic E-state index is 12.9. The zero-order valence-electron chi connectivity index (χ0n) is 15.1. The first kappa shape index (κ1) is 18.7. The number of hydrogen-bond donors (Lipinski definition) is 0. The molecule has 138 valence electrons. The van der Waals surface area contributed by atoms with E-state index in [1.54, 1.807) is 32.4 Å². The van der Waals surface area contributed by atoms with Crippen molar-refractivity contribution in [1.82, 2.24) is 9.80 Å². The maximum atomic E-state index is 12.9. The van der Waals surface area contributed by atoms with E-state index in [4.69, 9.17) is 9.47 Å². The fourth-order valence-corrected chi connectivity index (χ4v) is 3.53. The summed E-state index contributed by atoms with van der Waals surface area (Å²) in [4.78, 5) is 17.1. The predicted octanol–water partition coefficient (Wildman–Crippen LogP) is 3.42. The smallest absolute Gasteiger partial charge is 0.257 e. The molecule has 1 fully saturated rings. The topological polar surface area (TPSA) is 42.0 Å². The lowest BCUT2D eigenvalue weighted by atomic mass is 10.1. The summed E-state index contributed by atoms with van der Waals surface area (Å²) in [6, 6.07) is 13.6. The Morgan fingerprint density at radius 2 is 1.77 bits per heavy atom. The van der Waals surface area contributed by atoms with Crippen LogP contribution in [0.25, 0.3) is 0 Å². The second kappa shape index (κ2) is 8.56. The molecule has 3 rings (SSSR count). The minimum absolute atomic E-state index is 0.00467. The predicted molar refractivity (Wildman–Crippen MR) is 105 cm³/mol. The highest BCUT2D eigenvalue weighted by atomic mass is 79.9. The minimum Gasteiger partial charge on any atom is -0.497 e. The normalized spacial score (nSPS) is 15.0. The lowest BCUT2D eigenvalue weighted by Crippen LogP contribution is -2.48. The number of piperazine rings is 1. The van der Waals surface area contributed by atoms with Gasteiger partial charge in [-0.25, -0.2) is 0 Å². The minimum atomic E-state index is 0.00467. The van der Waals surface area contributed by atoms with Crippen LogP contribution in [0.1, 0.15) is 15.9 Å². The number of halogens is 1. The Labute approximate surface area is 162 Å². The molecule has 1 aliphatic heterocycles. The molecule has 1 heterocycles. The lowest BCUT2D eigenvalue weighted by Gasteiger charge is -2.35. The molecule has 0 aromatic heterocycles. The molecule has 2 aromatic rings. The molecule has 6 heteroatoms. The quantitative estimate of drug-likeness (QED) is 0.745. The molecule has 5 nitrogen and oxygen atoms in total. The lowest BCUT2D eigenvalue weighted by molar-refractivity contribution is 0.0625. The third-order valence-corrected chi connectivity index (χ3v) is 5.42. The monoisotopic (exact) mass is 418 g/mol. The number of rotatable bonds is 5. The van der Waals surface area contributed by atoms with Crippen LogP contribution >= 0.6 is 15.9 Å². The van der Waals surface area contributed by atoms with E-state index in [0.29, 0.717) is 30.2 Å². The van der Waals surface area contributed by atoms with Gasteiger partial charge in [0.25, 0.3) is 5.91 Å². The molecule has 26 heavy (non-hydrogen) atoms. The van der Waals surface area contributed by atoms with E-state index < -0.39 is 0 Å². The van der Waals surface area contributed by atoms with Crippen LogP contribution in [0.3, 0.4) is 0 Å². The van der Waals surface area contributed by atoms with Crippen molar-refractivity contribution in [1.29, 1.82) is 0 Å². The third-order valence-electron chi connectivity index (χ3n) is 4.65. The molecule has 0 radical (unpaired) electrons. The van der Waals surface area contributed by atoms with Gasteiger partial charge in [-0.3, -0.25) is 9.69 Å². The van der Waals surface area contributed by atoms with Crippen LogP contribution in [0.2, 0.25) is 0 Å². The Hall–Kier alpha value is -2.05. The molecular formula is C20H23BrN2O3. The highest BCUT2D eigenvalue weighted by molar-refractivity contribution is 9.10. The van der Waals surface area contributed by atoms with E-state index in [1.807, 2.05) is 11.0 Å². The number of carbonyl (C=O) groups is 1. The van der Waals surface area contributed by atoms with E-state index in [9.17, 15) is 4.79 Å². The molecule has 1 aliphatic rings. The second-order valence-electron chi connectivity index (χ2n) is 6.23. The van der Waals surface area contributed by atoms with Gasteiger partial charge in [-0.05, 0) is 23.8 Å². The van der Waals surface area contributed by atoms with Gasteiger partial charge < -0.3 is 14.4 Å². The second-order valence-corrected chi connectivity index (χ2v) is 7.08. The van der Waals surface area contributed by atoms with Crippen molar-refractivity contribution in [2.45, 2.75) is 6.54 Å². The van der Waals surface area contributed by atoms with Crippen molar-refractivity contribution >= 4 is 21.8 Å². The fourth-order valence-electron chi connectivity index (χ4n) is 3.12. The zero-order chi connectivity index (χ0) is 18.5. The molecule has 0 spiro atoms. The highest BCUT2D eigenvalue weighted by Gasteiger charge is 2.24. The Morgan fingerprint density at radius 1 is 1.04 bits per heavy atom. The Morgan fingerprint density at radius 3 is 2.42 bits per heavy atom. The average molecular weight is 419 g/mol. The number of methoxy groups -OCH3 is 2. The van der Waals surface area contributed by atoms with Crippen molar-refractivity contribution in [3.05, 3.63) is 58.1 Å². The van der Waals surface area contributed by atoms with Gasteiger partial charge in [0.15, 0.2) is 0 Å². The molecule has 0 bridgehead atoms. The summed E-state index contributed by atoms with van der Waals surface area (Å²) in [5.74, 6) is 1.23. The van der Waals surface area contributed by atoms with Gasteiger partial charge in [0, 0.05) is 43.3 Å². The van der Waals surface area contributed by atoms with Crippen molar-refractivity contribution in [2.75, 3.05) is 40.4 Å². The summed E-state index contributed by atoms with van der Waals surface area (Å²) in [6.45, 7) is 4.00. The number of ether oxygens (including phenoxy) is 2. The first-order valence-electron chi connectivity index (χ1n) is 8.59. The van der Waals surface area contributed by atoms with E-state index in [2.05, 4.69) is 39.0 Å². The van der Waals surface area contributed by atoms with E-state index in [1.165, 1.54) is 5.56 Å². The van der Waals surface area contributed by atoms with E-state index >= 15 is 0 Å². The van der Waals surface area contributed by atoms with Crippen molar-refractivity contribution in [3.8, 4) is 11.5 Å². The van der Waals surface area contributed by atoms with Gasteiger partial charge in [0.05, 0.1) is 19.8 Å². The Kier molecular flexibility index (Phi) is 6.16. The van der Waals surface area contributed by atoms with Gasteiger partial charge in [-0.15, -0.1) is 0 Å². The molecule has 0 atom stereocenters. The molecule has 0 aliphatic carbocycles. The number of amides is 1. The molecular weight excluding hydrogens is 396 g/mol. The van der Waals surface area contributed by atoms with Crippen LogP contribution in [0.5, 0.6) is 11.5 Å². The molecule has 0 saturated carbocycles. The van der Waals surface area contributed by atoms with E-state index in [0.717, 1.165) is 24.1 Å².